The van der Waals surface area contributed by atoms with Gasteiger partial charge in [-0.25, -0.2) is 0 Å². The first-order chi connectivity index (χ1) is 8.50. The van der Waals surface area contributed by atoms with Crippen LogP contribution in [-0.2, 0) is 0 Å². The second-order valence-electron chi connectivity index (χ2n) is 3.77. The second kappa shape index (κ2) is 4.88. The van der Waals surface area contributed by atoms with Crippen LogP contribution in [0.3, 0.4) is 0 Å². The van der Waals surface area contributed by atoms with Gasteiger partial charge >= 0.3 is 0 Å². The van der Waals surface area contributed by atoms with E-state index >= 15 is 0 Å². The van der Waals surface area contributed by atoms with Gasteiger partial charge in [0.2, 0.25) is 0 Å². The fourth-order valence-corrected chi connectivity index (χ4v) is 2.33. The summed E-state index contributed by atoms with van der Waals surface area (Å²) in [5, 5.41) is 0.492. The third-order valence-corrected chi connectivity index (χ3v) is 3.27. The van der Waals surface area contributed by atoms with Gasteiger partial charge in [-0.3, -0.25) is 4.79 Å². The second-order valence-corrected chi connectivity index (χ2v) is 4.56. The molecule has 2 rings (SSSR count). The van der Waals surface area contributed by atoms with Crippen molar-refractivity contribution in [2.24, 2.45) is 5.73 Å². The van der Waals surface area contributed by atoms with E-state index in [1.165, 1.54) is 0 Å². The van der Waals surface area contributed by atoms with E-state index in [4.69, 9.17) is 34.7 Å². The number of benzene rings is 2. The number of hydrogen-bond acceptors (Lipinski definition) is 2. The number of anilines is 1. The first-order valence-electron chi connectivity index (χ1n) is 5.14. The van der Waals surface area contributed by atoms with Gasteiger partial charge in [-0.1, -0.05) is 41.4 Å². The van der Waals surface area contributed by atoms with Crippen LogP contribution in [0.5, 0.6) is 0 Å². The van der Waals surface area contributed by atoms with Crippen LogP contribution in [0.4, 0.5) is 5.69 Å². The van der Waals surface area contributed by atoms with Gasteiger partial charge in [-0.2, -0.15) is 0 Å². The summed E-state index contributed by atoms with van der Waals surface area (Å²) in [6.07, 6.45) is 0. The zero-order valence-electron chi connectivity index (χ0n) is 9.28. The topological polar surface area (TPSA) is 69.1 Å². The zero-order chi connectivity index (χ0) is 13.3. The lowest BCUT2D eigenvalue weighted by Gasteiger charge is -2.09. The van der Waals surface area contributed by atoms with E-state index in [9.17, 15) is 4.79 Å². The summed E-state index contributed by atoms with van der Waals surface area (Å²) >= 11 is 12.1. The summed E-state index contributed by atoms with van der Waals surface area (Å²) in [5.41, 5.74) is 13.2. The van der Waals surface area contributed by atoms with Gasteiger partial charge < -0.3 is 11.5 Å². The number of carbonyl (C=O) groups is 1. The molecule has 0 unspecified atom stereocenters. The number of nitrogens with two attached hydrogens (primary N) is 2. The number of nitrogen functional groups attached to an aromatic ring is 1. The molecule has 5 heteroatoms. The van der Waals surface area contributed by atoms with Crippen molar-refractivity contribution in [1.82, 2.24) is 0 Å². The van der Waals surface area contributed by atoms with Crippen LogP contribution >= 0.6 is 23.2 Å². The van der Waals surface area contributed by atoms with Crippen LogP contribution in [0.25, 0.3) is 11.1 Å². The van der Waals surface area contributed by atoms with Gasteiger partial charge in [0.15, 0.2) is 0 Å². The molecule has 0 radical (unpaired) electrons. The van der Waals surface area contributed by atoms with E-state index in [0.29, 0.717) is 11.3 Å². The van der Waals surface area contributed by atoms with Gasteiger partial charge in [-0.15, -0.1) is 0 Å². The minimum Gasteiger partial charge on any atom is -0.399 e. The number of amides is 1. The molecule has 0 aliphatic rings. The molecule has 0 bridgehead atoms. The number of primary amides is 1. The first kappa shape index (κ1) is 12.7. The van der Waals surface area contributed by atoms with Crippen LogP contribution < -0.4 is 11.5 Å². The minimum absolute atomic E-state index is 0.132. The Morgan fingerprint density at radius 3 is 2.17 bits per heavy atom. The number of carbonyl (C=O) groups excluding carboxylic acids is 1. The molecule has 0 heterocycles. The Labute approximate surface area is 114 Å². The normalized spacial score (nSPS) is 10.3. The summed E-state index contributed by atoms with van der Waals surface area (Å²) in [7, 11) is 0. The molecule has 4 N–H and O–H groups in total. The quantitative estimate of drug-likeness (QED) is 0.829. The van der Waals surface area contributed by atoms with Crippen molar-refractivity contribution in [1.29, 1.82) is 0 Å². The van der Waals surface area contributed by atoms with Crippen molar-refractivity contribution in [3.63, 3.8) is 0 Å². The summed E-state index contributed by atoms with van der Waals surface area (Å²) in [6, 6.07) is 10.5. The molecule has 0 aliphatic carbocycles. The highest BCUT2D eigenvalue weighted by atomic mass is 35.5. The van der Waals surface area contributed by atoms with E-state index in [1.54, 1.807) is 24.3 Å². The molecule has 2 aromatic rings. The van der Waals surface area contributed by atoms with Crippen molar-refractivity contribution >= 4 is 34.8 Å². The van der Waals surface area contributed by atoms with E-state index in [2.05, 4.69) is 0 Å². The van der Waals surface area contributed by atoms with Crippen LogP contribution in [0.15, 0.2) is 36.4 Å². The summed E-state index contributed by atoms with van der Waals surface area (Å²) in [4.78, 5) is 11.3. The Morgan fingerprint density at radius 2 is 1.61 bits per heavy atom. The van der Waals surface area contributed by atoms with Crippen molar-refractivity contribution in [3.05, 3.63) is 52.0 Å². The van der Waals surface area contributed by atoms with Crippen LogP contribution in [-0.4, -0.2) is 5.91 Å². The molecule has 0 aromatic heterocycles. The molecule has 3 nitrogen and oxygen atoms in total. The molecule has 0 atom stereocenters. The van der Waals surface area contributed by atoms with E-state index in [-0.39, 0.29) is 15.6 Å². The largest absolute Gasteiger partial charge is 0.399 e. The van der Waals surface area contributed by atoms with E-state index in [1.807, 2.05) is 12.1 Å². The van der Waals surface area contributed by atoms with Gasteiger partial charge in [0.05, 0.1) is 15.6 Å². The highest BCUT2D eigenvalue weighted by Gasteiger charge is 2.16. The SMILES string of the molecule is NC(=O)c1c(Cl)ccc(-c2ccc(N)cc2)c1Cl. The molecule has 0 fully saturated rings. The highest BCUT2D eigenvalue weighted by molar-refractivity contribution is 6.41. The summed E-state index contributed by atoms with van der Waals surface area (Å²) in [5.74, 6) is -0.651. The molecule has 1 amide bonds. The maximum atomic E-state index is 11.3. The standard InChI is InChI=1S/C13H10Cl2N2O/c14-10-6-5-9(12(15)11(10)13(17)18)7-1-3-8(16)4-2-7/h1-6H,16H2,(H2,17,18). The maximum absolute atomic E-state index is 11.3. The van der Waals surface area contributed by atoms with Crippen LogP contribution in [0.1, 0.15) is 10.4 Å². The molecule has 0 saturated heterocycles. The lowest BCUT2D eigenvalue weighted by molar-refractivity contribution is 0.100. The molecular formula is C13H10Cl2N2O. The zero-order valence-corrected chi connectivity index (χ0v) is 10.8. The fraction of sp³-hybridized carbons (Fsp3) is 0. The Balaban J connectivity index is 2.62. The molecule has 0 aliphatic heterocycles. The molecule has 0 saturated carbocycles. The lowest BCUT2D eigenvalue weighted by Crippen LogP contribution is -2.12. The number of hydrogen-bond donors (Lipinski definition) is 2. The van der Waals surface area contributed by atoms with Crippen molar-refractivity contribution in [3.8, 4) is 11.1 Å². The molecule has 0 spiro atoms. The van der Waals surface area contributed by atoms with Gasteiger partial charge in [0, 0.05) is 11.3 Å². The number of rotatable bonds is 2. The Bertz CT molecular complexity index is 609. The summed E-state index contributed by atoms with van der Waals surface area (Å²) in [6.45, 7) is 0. The van der Waals surface area contributed by atoms with Gasteiger partial charge in [0.1, 0.15) is 0 Å². The van der Waals surface area contributed by atoms with Crippen LogP contribution in [0.2, 0.25) is 10.0 Å². The van der Waals surface area contributed by atoms with Crippen molar-refractivity contribution in [2.45, 2.75) is 0 Å². The highest BCUT2D eigenvalue weighted by Crippen LogP contribution is 2.34. The predicted octanol–water partition coefficient (Wildman–Crippen LogP) is 3.34. The average Bonchev–Trinajstić information content (AvgIpc) is 2.30. The molecule has 2 aromatic carbocycles. The third-order valence-electron chi connectivity index (χ3n) is 2.56. The molecule has 92 valence electrons. The Kier molecular flexibility index (Phi) is 3.45. The Morgan fingerprint density at radius 1 is 1.00 bits per heavy atom. The average molecular weight is 281 g/mol. The third kappa shape index (κ3) is 2.28. The molecule has 18 heavy (non-hydrogen) atoms. The van der Waals surface area contributed by atoms with E-state index < -0.39 is 5.91 Å². The van der Waals surface area contributed by atoms with Crippen LogP contribution in [0, 0.1) is 0 Å². The van der Waals surface area contributed by atoms with Crippen molar-refractivity contribution < 1.29 is 4.79 Å². The first-order valence-corrected chi connectivity index (χ1v) is 5.90. The number of halogens is 2. The molecular weight excluding hydrogens is 271 g/mol. The Hall–Kier alpha value is -1.71. The predicted molar refractivity (Wildman–Crippen MR) is 74.8 cm³/mol. The smallest absolute Gasteiger partial charge is 0.251 e. The monoisotopic (exact) mass is 280 g/mol. The van der Waals surface area contributed by atoms with E-state index in [0.717, 1.165) is 5.56 Å². The fourth-order valence-electron chi connectivity index (χ4n) is 1.66. The summed E-state index contributed by atoms with van der Waals surface area (Å²) < 4.78 is 0. The van der Waals surface area contributed by atoms with Crippen molar-refractivity contribution in [2.75, 3.05) is 5.73 Å². The van der Waals surface area contributed by atoms with Gasteiger partial charge in [-0.05, 0) is 23.8 Å². The van der Waals surface area contributed by atoms with Gasteiger partial charge in [0.25, 0.3) is 5.91 Å². The minimum atomic E-state index is -0.651. The lowest BCUT2D eigenvalue weighted by atomic mass is 10.0. The maximum Gasteiger partial charge on any atom is 0.251 e.